The van der Waals surface area contributed by atoms with Gasteiger partial charge in [0.25, 0.3) is 0 Å². The standard InChI is InChI=1S/C23H34N4O6.C8H9NO2.C7H8.C3H8N2O/c1-14-12-18-23(32)33-11-8-19(28)25-10-5-7-17(25)22(31)26-9-4-3-6-16(26)20(29)24-15(2)21(30)27(18)13-14;1-11-8-4-2-3-7(5-8)9-6-10;1-7-5-3-2-4-6-7;1-5-2-3(4)6/h14-18H,3-13H2,1-2H3,(H,24,29);2-6H,1H3,(H,9,10);2-6H,1H3;5H,2H2,1H3,(H2,4,6). The van der Waals surface area contributed by atoms with Gasteiger partial charge < -0.3 is 45.9 Å². The Kier molecular flexibility index (Phi) is 18.9. The molecule has 0 aliphatic carbocycles. The number of aryl methyl sites for hydroxylation is 1. The molecule has 16 nitrogen and oxygen atoms in total. The maximum Gasteiger partial charge on any atom is 0.328 e. The van der Waals surface area contributed by atoms with E-state index in [0.717, 1.165) is 24.3 Å². The predicted octanol–water partition coefficient (Wildman–Crippen LogP) is 2.00. The highest BCUT2D eigenvalue weighted by atomic mass is 16.5. The van der Waals surface area contributed by atoms with Crippen molar-refractivity contribution < 1.29 is 43.0 Å². The summed E-state index contributed by atoms with van der Waals surface area (Å²) >= 11 is 0. The number of hydrogen-bond acceptors (Lipinski definition) is 10. The molecule has 0 saturated carbocycles. The normalized spacial score (nSPS) is 23.6. The third kappa shape index (κ3) is 14.2. The molecule has 312 valence electrons. The van der Waals surface area contributed by atoms with Crippen molar-refractivity contribution in [3.8, 4) is 5.75 Å². The molecule has 4 fully saturated rings. The number of anilines is 1. The number of likely N-dealkylation sites (N-methyl/N-ethyl adjacent to an activating group) is 1. The Morgan fingerprint density at radius 3 is 2.23 bits per heavy atom. The van der Waals surface area contributed by atoms with Crippen LogP contribution in [0.2, 0.25) is 0 Å². The quantitative estimate of drug-likeness (QED) is 0.256. The molecule has 2 aromatic rings. The summed E-state index contributed by atoms with van der Waals surface area (Å²) in [5.74, 6) is -1.14. The fourth-order valence-corrected chi connectivity index (χ4v) is 7.08. The molecule has 5 atom stereocenters. The van der Waals surface area contributed by atoms with Gasteiger partial charge in [0.2, 0.25) is 35.9 Å². The molecule has 5 unspecified atom stereocenters. The van der Waals surface area contributed by atoms with Crippen molar-refractivity contribution in [2.24, 2.45) is 11.7 Å². The van der Waals surface area contributed by atoms with Gasteiger partial charge in [0.05, 0.1) is 20.1 Å². The summed E-state index contributed by atoms with van der Waals surface area (Å²) < 4.78 is 10.3. The molecule has 4 aliphatic heterocycles. The number of fused-ring (bicyclic) bond motifs is 3. The van der Waals surface area contributed by atoms with E-state index in [9.17, 15) is 33.6 Å². The van der Waals surface area contributed by atoms with Crippen LogP contribution in [0, 0.1) is 12.8 Å². The summed E-state index contributed by atoms with van der Waals surface area (Å²) in [6.07, 6.45) is 4.52. The Morgan fingerprint density at radius 1 is 0.912 bits per heavy atom. The van der Waals surface area contributed by atoms with Gasteiger partial charge in [-0.25, -0.2) is 4.79 Å². The zero-order chi connectivity index (χ0) is 41.9. The Balaban J connectivity index is 0.000000292. The van der Waals surface area contributed by atoms with Gasteiger partial charge >= 0.3 is 5.97 Å². The summed E-state index contributed by atoms with van der Waals surface area (Å²) in [5.41, 5.74) is 6.76. The molecule has 2 aromatic carbocycles. The van der Waals surface area contributed by atoms with E-state index in [0.29, 0.717) is 51.7 Å². The number of esters is 1. The molecule has 4 aliphatic rings. The number of amides is 6. The topological polar surface area (TPSA) is 210 Å². The summed E-state index contributed by atoms with van der Waals surface area (Å²) in [7, 11) is 3.25. The number of methoxy groups -OCH3 is 1. The van der Waals surface area contributed by atoms with Gasteiger partial charge in [-0.2, -0.15) is 0 Å². The number of cyclic esters (lactones) is 1. The first-order chi connectivity index (χ1) is 27.3. The first kappa shape index (κ1) is 45.9. The van der Waals surface area contributed by atoms with Crippen LogP contribution in [0.5, 0.6) is 5.75 Å². The van der Waals surface area contributed by atoms with Crippen LogP contribution in [0.3, 0.4) is 0 Å². The molecule has 0 spiro atoms. The monoisotopic (exact) mass is 793 g/mol. The lowest BCUT2D eigenvalue weighted by Crippen LogP contribution is -2.59. The molecular weight excluding hydrogens is 734 g/mol. The first-order valence-electron chi connectivity index (χ1n) is 19.5. The summed E-state index contributed by atoms with van der Waals surface area (Å²) in [6, 6.07) is 14.6. The van der Waals surface area contributed by atoms with Crippen molar-refractivity contribution in [3.63, 3.8) is 0 Å². The molecule has 6 rings (SSSR count). The Bertz CT molecular complexity index is 1660. The fourth-order valence-electron chi connectivity index (χ4n) is 7.08. The average Bonchev–Trinajstić information content (AvgIpc) is 3.85. The molecular formula is C41H59N7O9. The molecule has 16 heteroatoms. The van der Waals surface area contributed by atoms with Gasteiger partial charge in [-0.05, 0) is 77.5 Å². The fraction of sp³-hybridized carbons (Fsp3) is 0.537. The van der Waals surface area contributed by atoms with Crippen LogP contribution in [0.4, 0.5) is 5.69 Å². The van der Waals surface area contributed by atoms with Gasteiger partial charge in [-0.15, -0.1) is 0 Å². The smallest absolute Gasteiger partial charge is 0.328 e. The number of benzene rings is 2. The lowest BCUT2D eigenvalue weighted by Gasteiger charge is -2.38. The number of carbonyl (C=O) groups is 7. The summed E-state index contributed by atoms with van der Waals surface area (Å²) in [5, 5.41) is 7.90. The lowest BCUT2D eigenvalue weighted by atomic mass is 9.99. The maximum atomic E-state index is 13.4. The number of hydrogen-bond donors (Lipinski definition) is 4. The van der Waals surface area contributed by atoms with E-state index in [1.165, 1.54) is 10.5 Å². The minimum Gasteiger partial charge on any atom is -0.497 e. The van der Waals surface area contributed by atoms with Crippen LogP contribution in [-0.2, 0) is 38.3 Å². The highest BCUT2D eigenvalue weighted by Gasteiger charge is 2.44. The van der Waals surface area contributed by atoms with E-state index in [4.69, 9.17) is 15.2 Å². The number of ether oxygens (including phenoxy) is 2. The van der Waals surface area contributed by atoms with Crippen LogP contribution < -0.4 is 26.4 Å². The molecule has 6 amide bonds. The third-order valence-corrected chi connectivity index (χ3v) is 9.89. The van der Waals surface area contributed by atoms with Gasteiger partial charge in [0, 0.05) is 31.4 Å². The minimum atomic E-state index is -0.825. The third-order valence-electron chi connectivity index (χ3n) is 9.89. The number of nitrogens with two attached hydrogens (primary N) is 1. The SMILES string of the molecule is CC1CC2C(=O)OCCC(=O)N3CCCC3C(=O)N3CCCCC3C(=O)NC(C)C(=O)N2C1.CNCC(N)=O.COc1cccc(NC=O)c1.Cc1ccccc1. The highest BCUT2D eigenvalue weighted by molar-refractivity contribution is 5.95. The van der Waals surface area contributed by atoms with E-state index < -0.39 is 30.1 Å². The Labute approximate surface area is 335 Å². The summed E-state index contributed by atoms with van der Waals surface area (Å²) in [4.78, 5) is 89.8. The molecule has 0 radical (unpaired) electrons. The first-order valence-corrected chi connectivity index (χ1v) is 19.5. The zero-order valence-electron chi connectivity index (χ0n) is 33.7. The van der Waals surface area contributed by atoms with Gasteiger partial charge in [0.15, 0.2) is 0 Å². The molecule has 57 heavy (non-hydrogen) atoms. The number of carbonyl (C=O) groups excluding carboxylic acids is 7. The van der Waals surface area contributed by atoms with Crippen molar-refractivity contribution in [1.82, 2.24) is 25.3 Å². The molecule has 4 saturated heterocycles. The van der Waals surface area contributed by atoms with Crippen molar-refractivity contribution in [1.29, 1.82) is 0 Å². The number of nitrogens with zero attached hydrogens (tertiary/aromatic N) is 3. The predicted molar refractivity (Wildman–Crippen MR) is 214 cm³/mol. The Morgan fingerprint density at radius 2 is 1.61 bits per heavy atom. The number of piperidine rings is 1. The number of primary amides is 1. The largest absolute Gasteiger partial charge is 0.497 e. The van der Waals surface area contributed by atoms with E-state index in [2.05, 4.69) is 35.0 Å². The van der Waals surface area contributed by atoms with Crippen molar-refractivity contribution >= 4 is 47.6 Å². The van der Waals surface area contributed by atoms with Crippen molar-refractivity contribution in [3.05, 3.63) is 60.2 Å². The molecule has 4 heterocycles. The van der Waals surface area contributed by atoms with E-state index in [-0.39, 0.29) is 55.0 Å². The molecule has 5 N–H and O–H groups in total. The van der Waals surface area contributed by atoms with E-state index >= 15 is 0 Å². The second-order valence-corrected chi connectivity index (χ2v) is 14.4. The lowest BCUT2D eigenvalue weighted by molar-refractivity contribution is -0.156. The van der Waals surface area contributed by atoms with Crippen molar-refractivity contribution in [2.45, 2.75) is 89.9 Å². The van der Waals surface area contributed by atoms with Crippen LogP contribution >= 0.6 is 0 Å². The average molecular weight is 794 g/mol. The van der Waals surface area contributed by atoms with Crippen LogP contribution in [0.25, 0.3) is 0 Å². The molecule has 0 bridgehead atoms. The number of nitrogens with one attached hydrogen (secondary N) is 3. The second-order valence-electron chi connectivity index (χ2n) is 14.4. The molecule has 0 aromatic heterocycles. The van der Waals surface area contributed by atoms with Gasteiger partial charge in [-0.3, -0.25) is 28.8 Å². The van der Waals surface area contributed by atoms with Gasteiger partial charge in [0.1, 0.15) is 36.5 Å². The zero-order valence-corrected chi connectivity index (χ0v) is 33.7. The van der Waals surface area contributed by atoms with Gasteiger partial charge in [-0.1, -0.05) is 48.9 Å². The maximum absolute atomic E-state index is 13.4. The van der Waals surface area contributed by atoms with E-state index in [1.54, 1.807) is 43.0 Å². The van der Waals surface area contributed by atoms with E-state index in [1.807, 2.05) is 37.3 Å². The van der Waals surface area contributed by atoms with Crippen molar-refractivity contribution in [2.75, 3.05) is 52.3 Å². The Hall–Kier alpha value is -5.51. The second kappa shape index (κ2) is 23.5. The van der Waals surface area contributed by atoms with Crippen LogP contribution in [0.1, 0.15) is 64.4 Å². The number of rotatable bonds is 5. The summed E-state index contributed by atoms with van der Waals surface area (Å²) in [6.45, 7) is 7.18. The highest BCUT2D eigenvalue weighted by Crippen LogP contribution is 2.27. The minimum absolute atomic E-state index is 0.00788. The van der Waals surface area contributed by atoms with Crippen LogP contribution in [0.15, 0.2) is 54.6 Å². The van der Waals surface area contributed by atoms with Crippen LogP contribution in [-0.4, -0.2) is 128 Å².